The number of ether oxygens (including phenoxy) is 2. The van der Waals surface area contributed by atoms with Gasteiger partial charge in [-0.2, -0.15) is 0 Å². The van der Waals surface area contributed by atoms with E-state index in [4.69, 9.17) is 9.47 Å². The molecule has 0 aliphatic rings. The Kier molecular flexibility index (Phi) is 11.6. The fourth-order valence-corrected chi connectivity index (χ4v) is 6.84. The molecular weight excluding hydrogens is 649 g/mol. The summed E-state index contributed by atoms with van der Waals surface area (Å²) in [7, 11) is 0. The summed E-state index contributed by atoms with van der Waals surface area (Å²) in [6.07, 6.45) is 3.99. The Morgan fingerprint density at radius 2 is 1.08 bits per heavy atom. The summed E-state index contributed by atoms with van der Waals surface area (Å²) in [5.74, 6) is 2.74. The number of hydrogen-bond donors (Lipinski definition) is 0. The van der Waals surface area contributed by atoms with E-state index in [0.29, 0.717) is 25.0 Å². The van der Waals surface area contributed by atoms with E-state index in [1.165, 1.54) is 16.7 Å². The van der Waals surface area contributed by atoms with Crippen LogP contribution in [0.25, 0.3) is 11.3 Å². The lowest BCUT2D eigenvalue weighted by atomic mass is 9.87. The predicted molar refractivity (Wildman–Crippen MR) is 218 cm³/mol. The van der Waals surface area contributed by atoms with Gasteiger partial charge < -0.3 is 14.4 Å². The second kappa shape index (κ2) is 17.4. The number of hydrogen-bond acceptors (Lipinski definition) is 4. The van der Waals surface area contributed by atoms with Gasteiger partial charge in [0.15, 0.2) is 0 Å². The molecule has 53 heavy (non-hydrogen) atoms. The minimum absolute atomic E-state index is 0.474. The van der Waals surface area contributed by atoms with Gasteiger partial charge in [0.2, 0.25) is 0 Å². The molecular formula is C49H46N2O2. The molecule has 7 aromatic rings. The summed E-state index contributed by atoms with van der Waals surface area (Å²) in [5, 5.41) is 0. The maximum absolute atomic E-state index is 6.20. The van der Waals surface area contributed by atoms with Crippen molar-refractivity contribution in [2.45, 2.75) is 45.8 Å². The summed E-state index contributed by atoms with van der Waals surface area (Å²) >= 11 is 0. The van der Waals surface area contributed by atoms with Crippen molar-refractivity contribution in [3.63, 3.8) is 0 Å². The normalized spacial score (nSPS) is 12.1. The van der Waals surface area contributed by atoms with Crippen LogP contribution in [0.4, 0.5) is 17.1 Å². The van der Waals surface area contributed by atoms with Gasteiger partial charge in [0.05, 0.1) is 5.69 Å². The minimum atomic E-state index is 0.474. The molecule has 2 atom stereocenters. The Morgan fingerprint density at radius 1 is 0.509 bits per heavy atom. The van der Waals surface area contributed by atoms with Gasteiger partial charge >= 0.3 is 0 Å². The second-order valence-electron chi connectivity index (χ2n) is 13.8. The van der Waals surface area contributed by atoms with Gasteiger partial charge in [0.25, 0.3) is 0 Å². The molecule has 0 aliphatic carbocycles. The molecule has 0 amide bonds. The van der Waals surface area contributed by atoms with Gasteiger partial charge in [0.1, 0.15) is 24.7 Å². The highest BCUT2D eigenvalue weighted by atomic mass is 16.5. The van der Waals surface area contributed by atoms with Crippen LogP contribution >= 0.6 is 0 Å². The second-order valence-corrected chi connectivity index (χ2v) is 13.8. The molecule has 0 spiro atoms. The van der Waals surface area contributed by atoms with Crippen LogP contribution in [0.2, 0.25) is 0 Å². The van der Waals surface area contributed by atoms with Crippen LogP contribution in [0.3, 0.4) is 0 Å². The minimum Gasteiger partial charge on any atom is -0.489 e. The molecule has 0 N–H and O–H groups in total. The molecule has 0 aliphatic heterocycles. The van der Waals surface area contributed by atoms with Crippen molar-refractivity contribution < 1.29 is 9.47 Å². The van der Waals surface area contributed by atoms with E-state index >= 15 is 0 Å². The first-order valence-corrected chi connectivity index (χ1v) is 18.5. The van der Waals surface area contributed by atoms with Crippen molar-refractivity contribution in [1.82, 2.24) is 4.98 Å². The van der Waals surface area contributed by atoms with E-state index in [0.717, 1.165) is 58.2 Å². The van der Waals surface area contributed by atoms with Crippen LogP contribution in [0.1, 0.15) is 48.4 Å². The zero-order chi connectivity index (χ0) is 36.2. The lowest BCUT2D eigenvalue weighted by molar-refractivity contribution is 0.306. The fraction of sp³-hybridized carbons (Fsp3) is 0.163. The third-order valence-electron chi connectivity index (χ3n) is 9.64. The van der Waals surface area contributed by atoms with E-state index in [1.807, 2.05) is 54.7 Å². The first-order valence-electron chi connectivity index (χ1n) is 18.5. The van der Waals surface area contributed by atoms with Crippen molar-refractivity contribution in [3.05, 3.63) is 204 Å². The Hall–Kier alpha value is -6.13. The lowest BCUT2D eigenvalue weighted by Crippen LogP contribution is -2.09. The molecule has 0 saturated carbocycles. The molecule has 0 saturated heterocycles. The number of aromatic nitrogens is 1. The standard InChI is InChI=1S/C49H46N2O2/c1-37(32-38(2)42-25-23-41(24-26-42)36-53-48-17-11-12-43(34-48)49-18-9-10-31-50-49)33-39-19-21-40(22-20-39)35-52-47-29-27-46(28-30-47)51(44-13-5-3-6-14-44)45-15-7-4-8-16-45/h3-31,34,37-38H,32-33,35-36H2,1-2H3. The Bertz CT molecular complexity index is 2100. The van der Waals surface area contributed by atoms with Crippen molar-refractivity contribution in [1.29, 1.82) is 0 Å². The van der Waals surface area contributed by atoms with Crippen LogP contribution in [0, 0.1) is 5.92 Å². The Morgan fingerprint density at radius 3 is 1.70 bits per heavy atom. The quantitative estimate of drug-likeness (QED) is 0.107. The predicted octanol–water partition coefficient (Wildman–Crippen LogP) is 12.7. The first kappa shape index (κ1) is 35.3. The third kappa shape index (κ3) is 9.61. The van der Waals surface area contributed by atoms with Gasteiger partial charge in [-0.1, -0.05) is 117 Å². The summed E-state index contributed by atoms with van der Waals surface area (Å²) in [6.45, 7) is 5.76. The molecule has 6 aromatic carbocycles. The Balaban J connectivity index is 0.871. The maximum atomic E-state index is 6.20. The average molecular weight is 695 g/mol. The molecule has 0 radical (unpaired) electrons. The van der Waals surface area contributed by atoms with Crippen molar-refractivity contribution in [3.8, 4) is 22.8 Å². The number of benzene rings is 6. The monoisotopic (exact) mass is 694 g/mol. The van der Waals surface area contributed by atoms with E-state index < -0.39 is 0 Å². The SMILES string of the molecule is CC(Cc1ccc(COc2ccc(N(c3ccccc3)c3ccccc3)cc2)cc1)CC(C)c1ccc(COc2cccc(-c3ccccn3)c2)cc1. The van der Waals surface area contributed by atoms with Crippen LogP contribution in [0.15, 0.2) is 182 Å². The number of anilines is 3. The molecule has 2 unspecified atom stereocenters. The lowest BCUT2D eigenvalue weighted by Gasteiger charge is -2.25. The van der Waals surface area contributed by atoms with Crippen LogP contribution in [-0.4, -0.2) is 4.98 Å². The zero-order valence-electron chi connectivity index (χ0n) is 30.5. The highest BCUT2D eigenvalue weighted by Crippen LogP contribution is 2.35. The number of nitrogens with zero attached hydrogens (tertiary/aromatic N) is 2. The van der Waals surface area contributed by atoms with Crippen molar-refractivity contribution >= 4 is 17.1 Å². The smallest absolute Gasteiger partial charge is 0.120 e. The summed E-state index contributed by atoms with van der Waals surface area (Å²) < 4.78 is 12.3. The van der Waals surface area contributed by atoms with Gasteiger partial charge in [-0.15, -0.1) is 0 Å². The molecule has 1 heterocycles. The van der Waals surface area contributed by atoms with Gasteiger partial charge in [-0.25, -0.2) is 0 Å². The molecule has 0 bridgehead atoms. The number of para-hydroxylation sites is 2. The van der Waals surface area contributed by atoms with E-state index in [-0.39, 0.29) is 0 Å². The highest BCUT2D eigenvalue weighted by Gasteiger charge is 2.14. The summed E-state index contributed by atoms with van der Waals surface area (Å²) in [5.41, 5.74) is 10.4. The van der Waals surface area contributed by atoms with Gasteiger partial charge in [-0.05, 0) is 120 Å². The summed E-state index contributed by atoms with van der Waals surface area (Å²) in [4.78, 5) is 6.71. The zero-order valence-corrected chi connectivity index (χ0v) is 30.5. The molecule has 0 fully saturated rings. The largest absolute Gasteiger partial charge is 0.489 e. The Labute approximate surface area is 314 Å². The molecule has 4 heteroatoms. The first-order chi connectivity index (χ1) is 26.1. The average Bonchev–Trinajstić information content (AvgIpc) is 3.22. The van der Waals surface area contributed by atoms with Crippen LogP contribution in [0.5, 0.6) is 11.5 Å². The van der Waals surface area contributed by atoms with E-state index in [2.05, 4.69) is 151 Å². The molecule has 7 rings (SSSR count). The van der Waals surface area contributed by atoms with Crippen molar-refractivity contribution in [2.75, 3.05) is 4.90 Å². The topological polar surface area (TPSA) is 34.6 Å². The van der Waals surface area contributed by atoms with Crippen LogP contribution in [-0.2, 0) is 19.6 Å². The van der Waals surface area contributed by atoms with Gasteiger partial charge in [-0.3, -0.25) is 4.98 Å². The maximum Gasteiger partial charge on any atom is 0.120 e. The van der Waals surface area contributed by atoms with Gasteiger partial charge in [0, 0.05) is 28.8 Å². The molecule has 1 aromatic heterocycles. The molecule has 264 valence electrons. The van der Waals surface area contributed by atoms with Crippen molar-refractivity contribution in [2.24, 2.45) is 5.92 Å². The number of rotatable bonds is 15. The third-order valence-corrected chi connectivity index (χ3v) is 9.64. The molecule has 4 nitrogen and oxygen atoms in total. The van der Waals surface area contributed by atoms with E-state index in [9.17, 15) is 0 Å². The van der Waals surface area contributed by atoms with E-state index in [1.54, 1.807) is 0 Å². The summed E-state index contributed by atoms with van der Waals surface area (Å²) in [6, 6.07) is 61.1. The fourth-order valence-electron chi connectivity index (χ4n) is 6.84. The van der Waals surface area contributed by atoms with Crippen LogP contribution < -0.4 is 14.4 Å². The number of pyridine rings is 1. The highest BCUT2D eigenvalue weighted by molar-refractivity contribution is 5.76.